The van der Waals surface area contributed by atoms with Crippen LogP contribution in [0, 0.1) is 0 Å². The van der Waals surface area contributed by atoms with Gasteiger partial charge in [-0.25, -0.2) is 0 Å². The molecule has 0 spiro atoms. The van der Waals surface area contributed by atoms with Gasteiger partial charge in [0.2, 0.25) is 0 Å². The highest BCUT2D eigenvalue weighted by Gasteiger charge is 2.09. The number of aromatic nitrogens is 1. The van der Waals surface area contributed by atoms with Crippen LogP contribution in [0.2, 0.25) is 0 Å². The zero-order valence-electron chi connectivity index (χ0n) is 10.4. The predicted octanol–water partition coefficient (Wildman–Crippen LogP) is 2.38. The molecule has 1 aromatic heterocycles. The molecule has 0 aliphatic carbocycles. The minimum absolute atomic E-state index is 0.817. The molecule has 3 heteroatoms. The first-order valence-electron chi connectivity index (χ1n) is 5.44. The van der Waals surface area contributed by atoms with E-state index >= 15 is 0 Å². The third-order valence-corrected chi connectivity index (χ3v) is 2.54. The third kappa shape index (κ3) is 2.36. The molecule has 1 aromatic carbocycles. The van der Waals surface area contributed by atoms with Crippen molar-refractivity contribution in [1.82, 2.24) is 4.98 Å². The standard InChI is InChI=1S/C13H19N2O/c1-15(2,3)9-10-5-6-12-11(7-10)8-13(14-12)16-4/h5-8,14H,9H2,1-4H3/q+1. The van der Waals surface area contributed by atoms with Gasteiger partial charge in [0.05, 0.1) is 28.3 Å². The van der Waals surface area contributed by atoms with Crippen LogP contribution in [-0.4, -0.2) is 37.7 Å². The van der Waals surface area contributed by atoms with Gasteiger partial charge in [-0.2, -0.15) is 0 Å². The van der Waals surface area contributed by atoms with E-state index in [9.17, 15) is 0 Å². The molecule has 1 heterocycles. The normalized spacial score (nSPS) is 12.0. The Balaban J connectivity index is 2.36. The van der Waals surface area contributed by atoms with Crippen LogP contribution < -0.4 is 4.74 Å². The summed E-state index contributed by atoms with van der Waals surface area (Å²) >= 11 is 0. The smallest absolute Gasteiger partial charge is 0.191 e. The number of benzene rings is 1. The lowest BCUT2D eigenvalue weighted by atomic mass is 10.1. The second kappa shape index (κ2) is 3.83. The molecule has 86 valence electrons. The fourth-order valence-electron chi connectivity index (χ4n) is 1.91. The van der Waals surface area contributed by atoms with Gasteiger partial charge in [-0.1, -0.05) is 6.07 Å². The Bertz CT molecular complexity index is 494. The fourth-order valence-corrected chi connectivity index (χ4v) is 1.91. The lowest BCUT2D eigenvalue weighted by molar-refractivity contribution is -0.883. The second-order valence-corrected chi connectivity index (χ2v) is 5.21. The van der Waals surface area contributed by atoms with Crippen LogP contribution >= 0.6 is 0 Å². The number of quaternary nitrogens is 1. The molecule has 0 saturated heterocycles. The molecule has 0 saturated carbocycles. The van der Waals surface area contributed by atoms with Crippen LogP contribution in [0.15, 0.2) is 24.3 Å². The maximum Gasteiger partial charge on any atom is 0.191 e. The molecule has 2 rings (SSSR count). The Morgan fingerprint density at radius 1 is 1.19 bits per heavy atom. The molecular formula is C13H19N2O+. The van der Waals surface area contributed by atoms with E-state index < -0.39 is 0 Å². The highest BCUT2D eigenvalue weighted by molar-refractivity contribution is 5.82. The average molecular weight is 219 g/mol. The van der Waals surface area contributed by atoms with Crippen molar-refractivity contribution in [3.05, 3.63) is 29.8 Å². The number of rotatable bonds is 3. The molecule has 16 heavy (non-hydrogen) atoms. The lowest BCUT2D eigenvalue weighted by Crippen LogP contribution is -2.33. The van der Waals surface area contributed by atoms with Crippen molar-refractivity contribution in [2.45, 2.75) is 6.54 Å². The Hall–Kier alpha value is -1.48. The highest BCUT2D eigenvalue weighted by Crippen LogP contribution is 2.22. The van der Waals surface area contributed by atoms with Crippen LogP contribution in [0.1, 0.15) is 5.56 Å². The van der Waals surface area contributed by atoms with Crippen LogP contribution in [0.3, 0.4) is 0 Å². The first-order valence-corrected chi connectivity index (χ1v) is 5.44. The summed E-state index contributed by atoms with van der Waals surface area (Å²) in [6.45, 7) is 1.03. The predicted molar refractivity (Wildman–Crippen MR) is 66.6 cm³/mol. The van der Waals surface area contributed by atoms with Gasteiger partial charge in [0, 0.05) is 22.5 Å². The Morgan fingerprint density at radius 3 is 2.56 bits per heavy atom. The van der Waals surface area contributed by atoms with E-state index in [1.165, 1.54) is 10.9 Å². The SMILES string of the molecule is COc1cc2cc(C[N+](C)(C)C)ccc2[nH]1. The van der Waals surface area contributed by atoms with Crippen molar-refractivity contribution in [3.8, 4) is 5.88 Å². The zero-order valence-corrected chi connectivity index (χ0v) is 10.4. The molecule has 3 nitrogen and oxygen atoms in total. The summed E-state index contributed by atoms with van der Waals surface area (Å²) in [5.41, 5.74) is 2.48. The van der Waals surface area contributed by atoms with Crippen LogP contribution in [-0.2, 0) is 6.54 Å². The topological polar surface area (TPSA) is 25.0 Å². The van der Waals surface area contributed by atoms with Crippen molar-refractivity contribution in [3.63, 3.8) is 0 Å². The van der Waals surface area contributed by atoms with Crippen molar-refractivity contribution in [2.24, 2.45) is 0 Å². The number of hydrogen-bond acceptors (Lipinski definition) is 1. The number of nitrogens with one attached hydrogen (secondary N) is 1. The first kappa shape index (κ1) is 11.0. The quantitative estimate of drug-likeness (QED) is 0.788. The molecule has 0 bridgehead atoms. The molecule has 2 aromatic rings. The largest absolute Gasteiger partial charge is 0.482 e. The Kier molecular flexibility index (Phi) is 2.64. The summed E-state index contributed by atoms with van der Waals surface area (Å²) in [5.74, 6) is 0.817. The number of ether oxygens (including phenoxy) is 1. The number of H-pyrrole nitrogens is 1. The molecule has 0 aliphatic rings. The summed E-state index contributed by atoms with van der Waals surface area (Å²) in [7, 11) is 8.27. The summed E-state index contributed by atoms with van der Waals surface area (Å²) in [4.78, 5) is 3.21. The third-order valence-electron chi connectivity index (χ3n) is 2.54. The lowest BCUT2D eigenvalue weighted by Gasteiger charge is -2.23. The molecule has 0 unspecified atom stereocenters. The van der Waals surface area contributed by atoms with Crippen LogP contribution in [0.4, 0.5) is 0 Å². The molecule has 0 fully saturated rings. The van der Waals surface area contributed by atoms with E-state index in [-0.39, 0.29) is 0 Å². The van der Waals surface area contributed by atoms with Gasteiger partial charge in [0.1, 0.15) is 6.54 Å². The van der Waals surface area contributed by atoms with Gasteiger partial charge in [-0.15, -0.1) is 0 Å². The van der Waals surface area contributed by atoms with Gasteiger partial charge < -0.3 is 14.2 Å². The van der Waals surface area contributed by atoms with E-state index in [1.807, 2.05) is 6.07 Å². The summed E-state index contributed by atoms with van der Waals surface area (Å²) in [6.07, 6.45) is 0. The summed E-state index contributed by atoms with van der Waals surface area (Å²) < 4.78 is 6.12. The van der Waals surface area contributed by atoms with E-state index in [4.69, 9.17) is 4.74 Å². The molecule has 1 N–H and O–H groups in total. The van der Waals surface area contributed by atoms with Crippen LogP contribution in [0.5, 0.6) is 5.88 Å². The summed E-state index contributed by atoms with van der Waals surface area (Å²) in [6, 6.07) is 8.54. The monoisotopic (exact) mass is 219 g/mol. The maximum absolute atomic E-state index is 5.18. The average Bonchev–Trinajstić information content (AvgIpc) is 2.57. The fraction of sp³-hybridized carbons (Fsp3) is 0.385. The Labute approximate surface area is 96.2 Å². The van der Waals surface area contributed by atoms with Crippen LogP contribution in [0.25, 0.3) is 10.9 Å². The molecule has 0 aliphatic heterocycles. The number of methoxy groups -OCH3 is 1. The highest BCUT2D eigenvalue weighted by atomic mass is 16.5. The van der Waals surface area contributed by atoms with Crippen molar-refractivity contribution < 1.29 is 9.22 Å². The van der Waals surface area contributed by atoms with Crippen molar-refractivity contribution >= 4 is 10.9 Å². The molecule has 0 amide bonds. The molecule has 0 atom stereocenters. The van der Waals surface area contributed by atoms with E-state index in [0.717, 1.165) is 22.4 Å². The minimum atomic E-state index is 0.817. The van der Waals surface area contributed by atoms with Crippen molar-refractivity contribution in [1.29, 1.82) is 0 Å². The van der Waals surface area contributed by atoms with Gasteiger partial charge in [0.25, 0.3) is 0 Å². The van der Waals surface area contributed by atoms with E-state index in [1.54, 1.807) is 7.11 Å². The number of hydrogen-bond donors (Lipinski definition) is 1. The molecular weight excluding hydrogens is 200 g/mol. The zero-order chi connectivity index (χ0) is 11.8. The van der Waals surface area contributed by atoms with E-state index in [0.29, 0.717) is 0 Å². The van der Waals surface area contributed by atoms with Gasteiger partial charge in [0.15, 0.2) is 5.88 Å². The first-order chi connectivity index (χ1) is 7.48. The van der Waals surface area contributed by atoms with Gasteiger partial charge in [-0.05, 0) is 12.1 Å². The number of nitrogens with zero attached hydrogens (tertiary/aromatic N) is 1. The van der Waals surface area contributed by atoms with E-state index in [2.05, 4.69) is 44.3 Å². The van der Waals surface area contributed by atoms with Gasteiger partial charge in [-0.3, -0.25) is 0 Å². The number of fused-ring (bicyclic) bond motifs is 1. The van der Waals surface area contributed by atoms with Gasteiger partial charge >= 0.3 is 0 Å². The maximum atomic E-state index is 5.18. The second-order valence-electron chi connectivity index (χ2n) is 5.21. The van der Waals surface area contributed by atoms with Crippen molar-refractivity contribution in [2.75, 3.05) is 28.3 Å². The number of aromatic amines is 1. The summed E-state index contributed by atoms with van der Waals surface area (Å²) in [5, 5.41) is 1.21. The minimum Gasteiger partial charge on any atom is -0.482 e. The Morgan fingerprint density at radius 2 is 1.94 bits per heavy atom. The molecule has 0 radical (unpaired) electrons.